The largest absolute Gasteiger partial charge is 0.326 e. The van der Waals surface area contributed by atoms with Crippen molar-refractivity contribution in [3.05, 3.63) is 63.6 Å². The summed E-state index contributed by atoms with van der Waals surface area (Å²) in [6.45, 7) is 6.10. The van der Waals surface area contributed by atoms with Crippen LogP contribution in [-0.4, -0.2) is 5.91 Å². The second-order valence-corrected chi connectivity index (χ2v) is 6.08. The van der Waals surface area contributed by atoms with Crippen LogP contribution in [-0.2, 0) is 4.79 Å². The van der Waals surface area contributed by atoms with Gasteiger partial charge in [-0.05, 0) is 49.1 Å². The van der Waals surface area contributed by atoms with E-state index in [1.807, 2.05) is 63.2 Å². The van der Waals surface area contributed by atoms with Gasteiger partial charge >= 0.3 is 0 Å². The molecule has 3 heteroatoms. The molecule has 0 saturated carbocycles. The first kappa shape index (κ1) is 15.8. The molecule has 0 aliphatic heterocycles. The summed E-state index contributed by atoms with van der Waals surface area (Å²) in [4.78, 5) is 12.5. The van der Waals surface area contributed by atoms with Gasteiger partial charge in [-0.1, -0.05) is 53.2 Å². The summed E-state index contributed by atoms with van der Waals surface area (Å²) >= 11 is 3.55. The molecule has 0 radical (unpaired) electrons. The van der Waals surface area contributed by atoms with Crippen LogP contribution in [0.15, 0.2) is 46.9 Å². The van der Waals surface area contributed by atoms with E-state index in [9.17, 15) is 4.79 Å². The third-order valence-corrected chi connectivity index (χ3v) is 4.88. The Balaban J connectivity index is 2.21. The van der Waals surface area contributed by atoms with Crippen molar-refractivity contribution in [1.29, 1.82) is 0 Å². The Morgan fingerprint density at radius 1 is 1.14 bits per heavy atom. The number of anilines is 1. The lowest BCUT2D eigenvalue weighted by atomic mass is 9.95. The molecule has 1 unspecified atom stereocenters. The fraction of sp³-hybridized carbons (Fsp3) is 0.278. The molecule has 0 bridgehead atoms. The van der Waals surface area contributed by atoms with E-state index in [4.69, 9.17) is 0 Å². The Morgan fingerprint density at radius 3 is 2.24 bits per heavy atom. The molecule has 2 aromatic carbocycles. The molecular weight excluding hydrogens is 326 g/mol. The smallest absolute Gasteiger partial charge is 0.231 e. The highest BCUT2D eigenvalue weighted by atomic mass is 79.9. The first-order valence-corrected chi connectivity index (χ1v) is 7.94. The minimum atomic E-state index is -0.115. The van der Waals surface area contributed by atoms with E-state index < -0.39 is 0 Å². The number of aryl methyl sites for hydroxylation is 2. The SMILES string of the molecule is CCC(C(=O)Nc1cc(C)c(Br)c(C)c1)c1ccccc1. The van der Waals surface area contributed by atoms with E-state index in [2.05, 4.69) is 21.2 Å². The number of amides is 1. The maximum Gasteiger partial charge on any atom is 0.231 e. The third-order valence-electron chi connectivity index (χ3n) is 3.63. The van der Waals surface area contributed by atoms with Gasteiger partial charge in [0.1, 0.15) is 0 Å². The predicted molar refractivity (Wildman–Crippen MR) is 91.7 cm³/mol. The minimum Gasteiger partial charge on any atom is -0.326 e. The molecule has 2 aromatic rings. The van der Waals surface area contributed by atoms with Crippen LogP contribution >= 0.6 is 15.9 Å². The molecule has 0 heterocycles. The summed E-state index contributed by atoms with van der Waals surface area (Å²) in [5, 5.41) is 3.04. The van der Waals surface area contributed by atoms with E-state index in [0.717, 1.165) is 33.3 Å². The van der Waals surface area contributed by atoms with E-state index in [1.165, 1.54) is 0 Å². The molecule has 0 aliphatic rings. The third kappa shape index (κ3) is 3.73. The van der Waals surface area contributed by atoms with Gasteiger partial charge in [0.2, 0.25) is 5.91 Å². The lowest BCUT2D eigenvalue weighted by molar-refractivity contribution is -0.117. The summed E-state index contributed by atoms with van der Waals surface area (Å²) in [5.41, 5.74) is 4.16. The van der Waals surface area contributed by atoms with Gasteiger partial charge in [0.05, 0.1) is 5.92 Å². The summed E-state index contributed by atoms with van der Waals surface area (Å²) in [5.74, 6) is -0.0692. The molecule has 110 valence electrons. The minimum absolute atomic E-state index is 0.0461. The van der Waals surface area contributed by atoms with Crippen molar-refractivity contribution in [2.75, 3.05) is 5.32 Å². The van der Waals surface area contributed by atoms with Crippen molar-refractivity contribution in [1.82, 2.24) is 0 Å². The monoisotopic (exact) mass is 345 g/mol. The molecule has 1 atom stereocenters. The maximum atomic E-state index is 12.5. The molecule has 0 aliphatic carbocycles. The average molecular weight is 346 g/mol. The van der Waals surface area contributed by atoms with Gasteiger partial charge in [-0.15, -0.1) is 0 Å². The fourth-order valence-corrected chi connectivity index (χ4v) is 2.73. The van der Waals surface area contributed by atoms with Gasteiger partial charge in [-0.3, -0.25) is 4.79 Å². The van der Waals surface area contributed by atoms with E-state index >= 15 is 0 Å². The number of carbonyl (C=O) groups excluding carboxylic acids is 1. The number of nitrogens with one attached hydrogen (secondary N) is 1. The van der Waals surface area contributed by atoms with Crippen LogP contribution in [0.4, 0.5) is 5.69 Å². The Labute approximate surface area is 134 Å². The van der Waals surface area contributed by atoms with Crippen LogP contribution in [0.5, 0.6) is 0 Å². The van der Waals surface area contributed by atoms with Crippen molar-refractivity contribution in [2.24, 2.45) is 0 Å². The van der Waals surface area contributed by atoms with Crippen LogP contribution < -0.4 is 5.32 Å². The van der Waals surface area contributed by atoms with Crippen LogP contribution in [0.3, 0.4) is 0 Å². The summed E-state index contributed by atoms with van der Waals surface area (Å²) in [6, 6.07) is 13.9. The molecule has 0 fully saturated rings. The number of carbonyl (C=O) groups is 1. The number of hydrogen-bond donors (Lipinski definition) is 1. The average Bonchev–Trinajstić information content (AvgIpc) is 2.46. The fourth-order valence-electron chi connectivity index (χ4n) is 2.51. The lowest BCUT2D eigenvalue weighted by Crippen LogP contribution is -2.20. The van der Waals surface area contributed by atoms with Crippen molar-refractivity contribution < 1.29 is 4.79 Å². The van der Waals surface area contributed by atoms with Gasteiger partial charge in [-0.25, -0.2) is 0 Å². The molecule has 1 N–H and O–H groups in total. The first-order valence-electron chi connectivity index (χ1n) is 7.15. The molecule has 21 heavy (non-hydrogen) atoms. The highest BCUT2D eigenvalue weighted by molar-refractivity contribution is 9.10. The standard InChI is InChI=1S/C18H20BrNO/c1-4-16(14-8-6-5-7-9-14)18(21)20-15-10-12(2)17(19)13(3)11-15/h5-11,16H,4H2,1-3H3,(H,20,21). The van der Waals surface area contributed by atoms with E-state index in [-0.39, 0.29) is 11.8 Å². The summed E-state index contributed by atoms with van der Waals surface area (Å²) in [6.07, 6.45) is 0.782. The van der Waals surface area contributed by atoms with Gasteiger partial charge in [-0.2, -0.15) is 0 Å². The number of halogens is 1. The van der Waals surface area contributed by atoms with E-state index in [0.29, 0.717) is 0 Å². The lowest BCUT2D eigenvalue weighted by Gasteiger charge is -2.16. The molecule has 0 aromatic heterocycles. The van der Waals surface area contributed by atoms with Crippen LogP contribution in [0, 0.1) is 13.8 Å². The zero-order chi connectivity index (χ0) is 15.4. The highest BCUT2D eigenvalue weighted by Gasteiger charge is 2.18. The molecule has 2 rings (SSSR count). The zero-order valence-corrected chi connectivity index (χ0v) is 14.2. The van der Waals surface area contributed by atoms with Gasteiger partial charge in [0.25, 0.3) is 0 Å². The number of hydrogen-bond acceptors (Lipinski definition) is 1. The number of rotatable bonds is 4. The Hall–Kier alpha value is -1.61. The summed E-state index contributed by atoms with van der Waals surface area (Å²) < 4.78 is 1.09. The van der Waals surface area contributed by atoms with Gasteiger partial charge in [0, 0.05) is 10.2 Å². The molecule has 2 nitrogen and oxygen atoms in total. The van der Waals surface area contributed by atoms with Crippen molar-refractivity contribution in [3.63, 3.8) is 0 Å². The van der Waals surface area contributed by atoms with E-state index in [1.54, 1.807) is 0 Å². The topological polar surface area (TPSA) is 29.1 Å². The van der Waals surface area contributed by atoms with Crippen LogP contribution in [0.1, 0.15) is 36.0 Å². The Morgan fingerprint density at radius 2 is 1.71 bits per heavy atom. The predicted octanol–water partition coefficient (Wildman–Crippen LogP) is 5.20. The Kier molecular flexibility index (Phi) is 5.18. The molecule has 0 saturated heterocycles. The molecule has 0 spiro atoms. The molecular formula is C18H20BrNO. The zero-order valence-electron chi connectivity index (χ0n) is 12.6. The van der Waals surface area contributed by atoms with Crippen molar-refractivity contribution in [2.45, 2.75) is 33.1 Å². The summed E-state index contributed by atoms with van der Waals surface area (Å²) in [7, 11) is 0. The van der Waals surface area contributed by atoms with Crippen molar-refractivity contribution in [3.8, 4) is 0 Å². The normalized spacial score (nSPS) is 12.0. The Bertz CT molecular complexity index is 614. The number of benzene rings is 2. The van der Waals surface area contributed by atoms with Gasteiger partial charge in [0.15, 0.2) is 0 Å². The quantitative estimate of drug-likeness (QED) is 0.810. The second kappa shape index (κ2) is 6.90. The van der Waals surface area contributed by atoms with Crippen molar-refractivity contribution >= 4 is 27.5 Å². The van der Waals surface area contributed by atoms with Gasteiger partial charge < -0.3 is 5.32 Å². The maximum absolute atomic E-state index is 12.5. The molecule has 1 amide bonds. The highest BCUT2D eigenvalue weighted by Crippen LogP contribution is 2.27. The first-order chi connectivity index (χ1) is 10.0. The van der Waals surface area contributed by atoms with Crippen LogP contribution in [0.25, 0.3) is 0 Å². The second-order valence-electron chi connectivity index (χ2n) is 5.28. The van der Waals surface area contributed by atoms with Crippen LogP contribution in [0.2, 0.25) is 0 Å².